The van der Waals surface area contributed by atoms with Gasteiger partial charge < -0.3 is 15.4 Å². The van der Waals surface area contributed by atoms with E-state index in [0.717, 1.165) is 10.9 Å². The summed E-state index contributed by atoms with van der Waals surface area (Å²) in [5.41, 5.74) is 5.55. The molecule has 12 heteroatoms. The molecule has 0 radical (unpaired) electrons. The first-order valence-electron chi connectivity index (χ1n) is 9.99. The SMILES string of the molecule is COc1ccc(C2CC(C(F)(F)F)n3ncc(C(=O)NNC(=S)NCC(C)C)c3N2)cc1. The number of fused-ring (bicyclic) bond motifs is 1. The normalized spacial score (nSPS) is 17.8. The second-order valence-corrected chi connectivity index (χ2v) is 8.21. The topological polar surface area (TPSA) is 92.2 Å². The Morgan fingerprint density at radius 1 is 1.31 bits per heavy atom. The molecule has 1 amide bonds. The summed E-state index contributed by atoms with van der Waals surface area (Å²) in [5.74, 6) is 0.255. The number of amides is 1. The average molecular weight is 471 g/mol. The Morgan fingerprint density at radius 3 is 2.59 bits per heavy atom. The minimum Gasteiger partial charge on any atom is -0.497 e. The lowest BCUT2D eigenvalue weighted by atomic mass is 9.96. The van der Waals surface area contributed by atoms with Gasteiger partial charge in [-0.1, -0.05) is 26.0 Å². The molecule has 32 heavy (non-hydrogen) atoms. The Kier molecular flexibility index (Phi) is 7.12. The minimum atomic E-state index is -4.54. The molecule has 0 aliphatic carbocycles. The molecular formula is C20H25F3N6O2S. The zero-order valence-corrected chi connectivity index (χ0v) is 18.6. The second-order valence-electron chi connectivity index (χ2n) is 7.80. The number of benzene rings is 1. The summed E-state index contributed by atoms with van der Waals surface area (Å²) in [6.45, 7) is 4.59. The first kappa shape index (κ1) is 23.6. The van der Waals surface area contributed by atoms with Gasteiger partial charge in [0.2, 0.25) is 0 Å². The quantitative estimate of drug-likeness (QED) is 0.394. The number of carbonyl (C=O) groups excluding carboxylic acids is 1. The number of methoxy groups -OCH3 is 1. The highest BCUT2D eigenvalue weighted by atomic mass is 32.1. The number of ether oxygens (including phenoxy) is 1. The number of hydrazine groups is 1. The van der Waals surface area contributed by atoms with Gasteiger partial charge in [-0.25, -0.2) is 4.68 Å². The molecule has 2 heterocycles. The van der Waals surface area contributed by atoms with Gasteiger partial charge in [0, 0.05) is 13.0 Å². The summed E-state index contributed by atoms with van der Waals surface area (Å²) in [5, 5.41) is 10.00. The van der Waals surface area contributed by atoms with Gasteiger partial charge in [-0.2, -0.15) is 18.3 Å². The largest absolute Gasteiger partial charge is 0.497 e. The number of nitrogens with zero attached hydrogens (tertiary/aromatic N) is 2. The molecule has 1 aliphatic rings. The van der Waals surface area contributed by atoms with Gasteiger partial charge in [-0.05, 0) is 35.8 Å². The van der Waals surface area contributed by atoms with Gasteiger partial charge >= 0.3 is 6.18 Å². The number of hydrogen-bond acceptors (Lipinski definition) is 5. The number of rotatable bonds is 5. The molecule has 2 atom stereocenters. The van der Waals surface area contributed by atoms with E-state index < -0.39 is 24.2 Å². The molecule has 0 bridgehead atoms. The molecular weight excluding hydrogens is 445 g/mol. The maximum Gasteiger partial charge on any atom is 0.410 e. The fourth-order valence-electron chi connectivity index (χ4n) is 3.31. The van der Waals surface area contributed by atoms with Crippen LogP contribution in [-0.4, -0.2) is 40.6 Å². The van der Waals surface area contributed by atoms with Gasteiger partial charge in [-0.15, -0.1) is 0 Å². The molecule has 3 rings (SSSR count). The first-order chi connectivity index (χ1) is 15.1. The zero-order chi connectivity index (χ0) is 23.5. The molecule has 174 valence electrons. The molecule has 0 spiro atoms. The van der Waals surface area contributed by atoms with E-state index in [2.05, 4.69) is 26.6 Å². The third kappa shape index (κ3) is 5.42. The van der Waals surface area contributed by atoms with Crippen molar-refractivity contribution in [2.75, 3.05) is 19.0 Å². The van der Waals surface area contributed by atoms with E-state index >= 15 is 0 Å². The highest BCUT2D eigenvalue weighted by Gasteiger charge is 2.47. The number of anilines is 1. The predicted molar refractivity (Wildman–Crippen MR) is 117 cm³/mol. The molecule has 0 fully saturated rings. The number of alkyl halides is 3. The van der Waals surface area contributed by atoms with E-state index in [-0.39, 0.29) is 22.9 Å². The van der Waals surface area contributed by atoms with E-state index in [4.69, 9.17) is 17.0 Å². The Morgan fingerprint density at radius 2 is 2.00 bits per heavy atom. The van der Waals surface area contributed by atoms with Crippen LogP contribution in [0.5, 0.6) is 5.75 Å². The summed E-state index contributed by atoms with van der Waals surface area (Å²) in [6, 6.07) is 4.17. The van der Waals surface area contributed by atoms with Gasteiger partial charge in [0.1, 0.15) is 17.1 Å². The van der Waals surface area contributed by atoms with Crippen LogP contribution in [0.15, 0.2) is 30.5 Å². The van der Waals surface area contributed by atoms with Crippen LogP contribution in [0.4, 0.5) is 19.0 Å². The Balaban J connectivity index is 1.81. The minimum absolute atomic E-state index is 0.0141. The monoisotopic (exact) mass is 470 g/mol. The van der Waals surface area contributed by atoms with Crippen LogP contribution in [0.25, 0.3) is 0 Å². The van der Waals surface area contributed by atoms with Crippen LogP contribution < -0.4 is 26.2 Å². The van der Waals surface area contributed by atoms with Crippen molar-refractivity contribution in [1.29, 1.82) is 0 Å². The lowest BCUT2D eigenvalue weighted by Gasteiger charge is -2.34. The first-order valence-corrected chi connectivity index (χ1v) is 10.4. The van der Waals surface area contributed by atoms with E-state index in [1.165, 1.54) is 7.11 Å². The summed E-state index contributed by atoms with van der Waals surface area (Å²) >= 11 is 5.08. The van der Waals surface area contributed by atoms with Crippen LogP contribution >= 0.6 is 12.2 Å². The molecule has 8 nitrogen and oxygen atoms in total. The highest BCUT2D eigenvalue weighted by molar-refractivity contribution is 7.80. The van der Waals surface area contributed by atoms with Crippen molar-refractivity contribution in [3.8, 4) is 5.75 Å². The number of aromatic nitrogens is 2. The average Bonchev–Trinajstić information content (AvgIpc) is 3.18. The summed E-state index contributed by atoms with van der Waals surface area (Å²) in [4.78, 5) is 12.7. The maximum absolute atomic E-state index is 13.8. The van der Waals surface area contributed by atoms with Gasteiger partial charge in [0.15, 0.2) is 11.2 Å². The van der Waals surface area contributed by atoms with E-state index in [1.54, 1.807) is 24.3 Å². The second kappa shape index (κ2) is 9.63. The van der Waals surface area contributed by atoms with Gasteiger partial charge in [0.05, 0.1) is 19.3 Å². The Labute approximate surface area is 188 Å². The molecule has 0 saturated heterocycles. The fraction of sp³-hybridized carbons (Fsp3) is 0.450. The molecule has 1 aromatic heterocycles. The molecule has 0 saturated carbocycles. The van der Waals surface area contributed by atoms with Crippen molar-refractivity contribution in [3.63, 3.8) is 0 Å². The molecule has 4 N–H and O–H groups in total. The van der Waals surface area contributed by atoms with E-state index in [0.29, 0.717) is 23.8 Å². The predicted octanol–water partition coefficient (Wildman–Crippen LogP) is 3.32. The number of nitrogens with one attached hydrogen (secondary N) is 4. The van der Waals surface area contributed by atoms with Crippen molar-refractivity contribution in [1.82, 2.24) is 25.9 Å². The lowest BCUT2D eigenvalue weighted by Crippen LogP contribution is -2.47. The molecule has 1 aromatic carbocycles. The Bertz CT molecular complexity index is 961. The van der Waals surface area contributed by atoms with Gasteiger partial charge in [0.25, 0.3) is 5.91 Å². The standard InChI is InChI=1S/C20H25F3N6O2S/c1-11(2)9-24-19(32)28-27-18(30)14-10-25-29-16(20(21,22)23)8-15(26-17(14)29)12-4-6-13(31-3)7-5-12/h4-7,10-11,15-16,26H,8-9H2,1-3H3,(H,27,30)(H2,24,28,32). The van der Waals surface area contributed by atoms with Crippen molar-refractivity contribution >= 4 is 29.1 Å². The van der Waals surface area contributed by atoms with Crippen LogP contribution in [0.2, 0.25) is 0 Å². The molecule has 1 aliphatic heterocycles. The van der Waals surface area contributed by atoms with Crippen LogP contribution in [0, 0.1) is 5.92 Å². The van der Waals surface area contributed by atoms with Crippen molar-refractivity contribution in [2.24, 2.45) is 5.92 Å². The summed E-state index contributed by atoms with van der Waals surface area (Å²) < 4.78 is 47.3. The maximum atomic E-state index is 13.8. The van der Waals surface area contributed by atoms with E-state index in [9.17, 15) is 18.0 Å². The van der Waals surface area contributed by atoms with Crippen molar-refractivity contribution in [3.05, 3.63) is 41.6 Å². The van der Waals surface area contributed by atoms with Crippen LogP contribution in [0.1, 0.15) is 48.3 Å². The van der Waals surface area contributed by atoms with Gasteiger partial charge in [-0.3, -0.25) is 15.6 Å². The number of halogens is 3. The smallest absolute Gasteiger partial charge is 0.410 e. The number of thiocarbonyl (C=S) groups is 1. The van der Waals surface area contributed by atoms with E-state index in [1.807, 2.05) is 13.8 Å². The highest BCUT2D eigenvalue weighted by Crippen LogP contribution is 2.44. The van der Waals surface area contributed by atoms with Crippen molar-refractivity contribution in [2.45, 2.75) is 38.5 Å². The van der Waals surface area contributed by atoms with Crippen molar-refractivity contribution < 1.29 is 22.7 Å². The third-order valence-electron chi connectivity index (χ3n) is 4.96. The molecule has 2 unspecified atom stereocenters. The third-order valence-corrected chi connectivity index (χ3v) is 5.21. The number of hydrogen-bond donors (Lipinski definition) is 4. The summed E-state index contributed by atoms with van der Waals surface area (Å²) in [6.07, 6.45) is -3.70. The van der Waals surface area contributed by atoms with Crippen LogP contribution in [-0.2, 0) is 0 Å². The summed E-state index contributed by atoms with van der Waals surface area (Å²) in [7, 11) is 1.51. The Hall–Kier alpha value is -3.02. The van der Waals surface area contributed by atoms with Crippen LogP contribution in [0.3, 0.4) is 0 Å². The fourth-order valence-corrected chi connectivity index (χ4v) is 3.44. The lowest BCUT2D eigenvalue weighted by molar-refractivity contribution is -0.173. The number of carbonyl (C=O) groups is 1. The zero-order valence-electron chi connectivity index (χ0n) is 17.8. The molecule has 2 aromatic rings.